The van der Waals surface area contributed by atoms with Gasteiger partial charge < -0.3 is 5.11 Å². The fraction of sp³-hybridized carbons (Fsp3) is 0.200. The highest BCUT2D eigenvalue weighted by atomic mass is 19.1. The summed E-state index contributed by atoms with van der Waals surface area (Å²) in [4.78, 5) is 24.7. The zero-order chi connectivity index (χ0) is 19.4. The zero-order valence-electron chi connectivity index (χ0n) is 14.4. The van der Waals surface area contributed by atoms with Gasteiger partial charge in [-0.25, -0.2) is 13.6 Å². The SMILES string of the molecule is O=c1cc(O)n(CCc2ccc(F)cc2)c(=O)n1CCc1ccc(F)cc1. The number of aromatic hydroxyl groups is 1. The van der Waals surface area contributed by atoms with E-state index in [9.17, 15) is 23.5 Å². The van der Waals surface area contributed by atoms with Crippen LogP contribution in [0.1, 0.15) is 11.1 Å². The molecule has 0 aliphatic heterocycles. The fourth-order valence-corrected chi connectivity index (χ4v) is 2.80. The minimum absolute atomic E-state index is 0.111. The van der Waals surface area contributed by atoms with E-state index in [1.165, 1.54) is 24.3 Å². The molecule has 0 radical (unpaired) electrons. The van der Waals surface area contributed by atoms with Crippen molar-refractivity contribution in [3.63, 3.8) is 0 Å². The lowest BCUT2D eigenvalue weighted by Crippen LogP contribution is -2.40. The van der Waals surface area contributed by atoms with Gasteiger partial charge in [-0.2, -0.15) is 0 Å². The minimum Gasteiger partial charge on any atom is -0.494 e. The maximum Gasteiger partial charge on any atom is 0.333 e. The van der Waals surface area contributed by atoms with E-state index in [0.717, 1.165) is 26.3 Å². The summed E-state index contributed by atoms with van der Waals surface area (Å²) in [6, 6.07) is 12.7. The van der Waals surface area contributed by atoms with Crippen LogP contribution in [0.3, 0.4) is 0 Å². The molecule has 3 rings (SSSR count). The average Bonchev–Trinajstić information content (AvgIpc) is 2.64. The lowest BCUT2D eigenvalue weighted by molar-refractivity contribution is 0.388. The van der Waals surface area contributed by atoms with Crippen molar-refractivity contribution in [3.8, 4) is 5.88 Å². The summed E-state index contributed by atoms with van der Waals surface area (Å²) in [5.41, 5.74) is 0.363. The highest BCUT2D eigenvalue weighted by Gasteiger charge is 2.11. The van der Waals surface area contributed by atoms with Crippen LogP contribution >= 0.6 is 0 Å². The first-order valence-corrected chi connectivity index (χ1v) is 8.46. The van der Waals surface area contributed by atoms with Crippen molar-refractivity contribution in [2.45, 2.75) is 25.9 Å². The Morgan fingerprint density at radius 2 is 1.19 bits per heavy atom. The van der Waals surface area contributed by atoms with Gasteiger partial charge in [0.05, 0.1) is 6.07 Å². The second-order valence-corrected chi connectivity index (χ2v) is 6.18. The smallest absolute Gasteiger partial charge is 0.333 e. The van der Waals surface area contributed by atoms with Crippen molar-refractivity contribution in [3.05, 3.63) is 98.2 Å². The summed E-state index contributed by atoms with van der Waals surface area (Å²) >= 11 is 0. The molecule has 0 bridgehead atoms. The van der Waals surface area contributed by atoms with Crippen molar-refractivity contribution in [2.75, 3.05) is 0 Å². The van der Waals surface area contributed by atoms with Crippen LogP contribution in [0.4, 0.5) is 8.78 Å². The van der Waals surface area contributed by atoms with E-state index >= 15 is 0 Å². The molecule has 0 aliphatic rings. The van der Waals surface area contributed by atoms with Gasteiger partial charge in [0.25, 0.3) is 5.56 Å². The number of hydrogen-bond acceptors (Lipinski definition) is 3. The van der Waals surface area contributed by atoms with E-state index in [-0.39, 0.29) is 24.7 Å². The molecule has 5 nitrogen and oxygen atoms in total. The number of hydrogen-bond donors (Lipinski definition) is 1. The van der Waals surface area contributed by atoms with Gasteiger partial charge in [0.2, 0.25) is 5.88 Å². The number of rotatable bonds is 6. The number of aromatic nitrogens is 2. The van der Waals surface area contributed by atoms with Crippen molar-refractivity contribution < 1.29 is 13.9 Å². The van der Waals surface area contributed by atoms with Gasteiger partial charge in [0, 0.05) is 13.1 Å². The Labute approximate surface area is 153 Å². The van der Waals surface area contributed by atoms with Gasteiger partial charge in [-0.05, 0) is 48.2 Å². The fourth-order valence-electron chi connectivity index (χ4n) is 2.80. The topological polar surface area (TPSA) is 64.2 Å². The van der Waals surface area contributed by atoms with Gasteiger partial charge in [-0.3, -0.25) is 13.9 Å². The van der Waals surface area contributed by atoms with Crippen LogP contribution < -0.4 is 11.2 Å². The Hall–Kier alpha value is -3.22. The number of halogens is 2. The van der Waals surface area contributed by atoms with E-state index in [4.69, 9.17) is 0 Å². The number of aryl methyl sites for hydroxylation is 2. The molecule has 0 atom stereocenters. The molecule has 1 aromatic heterocycles. The van der Waals surface area contributed by atoms with Gasteiger partial charge in [-0.15, -0.1) is 0 Å². The molecule has 3 aromatic rings. The molecule has 0 spiro atoms. The third-order valence-corrected chi connectivity index (χ3v) is 4.33. The van der Waals surface area contributed by atoms with Gasteiger partial charge >= 0.3 is 5.69 Å². The second kappa shape index (κ2) is 7.99. The van der Waals surface area contributed by atoms with E-state index in [1.807, 2.05) is 0 Å². The van der Waals surface area contributed by atoms with Crippen LogP contribution in [-0.4, -0.2) is 14.2 Å². The molecule has 1 N–H and O–H groups in total. The minimum atomic E-state index is -0.621. The summed E-state index contributed by atoms with van der Waals surface area (Å²) in [5.74, 6) is -1.12. The third-order valence-electron chi connectivity index (χ3n) is 4.33. The van der Waals surface area contributed by atoms with Crippen LogP contribution in [0.5, 0.6) is 5.88 Å². The van der Waals surface area contributed by atoms with Crippen molar-refractivity contribution >= 4 is 0 Å². The molecule has 0 saturated heterocycles. The van der Waals surface area contributed by atoms with Crippen LogP contribution in [0.2, 0.25) is 0 Å². The van der Waals surface area contributed by atoms with Crippen LogP contribution in [0.15, 0.2) is 64.2 Å². The molecule has 0 saturated carbocycles. The van der Waals surface area contributed by atoms with E-state index in [1.54, 1.807) is 24.3 Å². The predicted molar refractivity (Wildman–Crippen MR) is 96.8 cm³/mol. The molecular weight excluding hydrogens is 354 g/mol. The highest BCUT2D eigenvalue weighted by Crippen LogP contribution is 2.08. The molecule has 0 aliphatic carbocycles. The number of benzene rings is 2. The molecule has 0 amide bonds. The monoisotopic (exact) mass is 372 g/mol. The van der Waals surface area contributed by atoms with E-state index < -0.39 is 17.1 Å². The molecule has 1 heterocycles. The van der Waals surface area contributed by atoms with Crippen LogP contribution in [0, 0.1) is 11.6 Å². The second-order valence-electron chi connectivity index (χ2n) is 6.18. The quantitative estimate of drug-likeness (QED) is 0.723. The summed E-state index contributed by atoms with van der Waals surface area (Å²) in [7, 11) is 0. The number of nitrogens with zero attached hydrogens (tertiary/aromatic N) is 2. The maximum absolute atomic E-state index is 13.0. The Bertz CT molecular complexity index is 1040. The van der Waals surface area contributed by atoms with E-state index in [0.29, 0.717) is 12.8 Å². The third kappa shape index (κ3) is 4.49. The summed E-state index contributed by atoms with van der Waals surface area (Å²) < 4.78 is 28.1. The highest BCUT2D eigenvalue weighted by molar-refractivity contribution is 5.17. The molecule has 7 heteroatoms. The largest absolute Gasteiger partial charge is 0.494 e. The molecule has 2 aromatic carbocycles. The molecule has 27 heavy (non-hydrogen) atoms. The summed E-state index contributed by atoms with van der Waals surface area (Å²) in [6.45, 7) is 0.257. The molecular formula is C20H18F2N2O3. The first kappa shape index (κ1) is 18.6. The zero-order valence-corrected chi connectivity index (χ0v) is 14.4. The maximum atomic E-state index is 13.0. The van der Waals surface area contributed by atoms with Crippen molar-refractivity contribution in [1.82, 2.24) is 9.13 Å². The molecule has 0 fully saturated rings. The average molecular weight is 372 g/mol. The molecule has 140 valence electrons. The Kier molecular flexibility index (Phi) is 5.49. The predicted octanol–water partition coefficient (Wildman–Crippen LogP) is 2.48. The van der Waals surface area contributed by atoms with Gasteiger partial charge in [-0.1, -0.05) is 24.3 Å². The lowest BCUT2D eigenvalue weighted by atomic mass is 10.1. The first-order valence-electron chi connectivity index (χ1n) is 8.46. The van der Waals surface area contributed by atoms with Gasteiger partial charge in [0.15, 0.2) is 0 Å². The Balaban J connectivity index is 1.79. The normalized spacial score (nSPS) is 10.9. The van der Waals surface area contributed by atoms with Crippen molar-refractivity contribution in [1.29, 1.82) is 0 Å². The molecule has 0 unspecified atom stereocenters. The standard InChI is InChI=1S/C20H18F2N2O3/c21-16-5-1-14(2-6-16)9-11-23-18(25)13-19(26)24(20(23)27)12-10-15-3-7-17(22)8-4-15/h1-8,13,25H,9-12H2. The first-order chi connectivity index (χ1) is 12.9. The lowest BCUT2D eigenvalue weighted by Gasteiger charge is -2.12. The van der Waals surface area contributed by atoms with Crippen LogP contribution in [-0.2, 0) is 25.9 Å². The van der Waals surface area contributed by atoms with Gasteiger partial charge in [0.1, 0.15) is 11.6 Å². The summed E-state index contributed by atoms with van der Waals surface area (Å²) in [6.07, 6.45) is 0.766. The Morgan fingerprint density at radius 1 is 0.741 bits per heavy atom. The Morgan fingerprint density at radius 3 is 1.67 bits per heavy atom. The summed E-state index contributed by atoms with van der Waals surface area (Å²) in [5, 5.41) is 9.98. The van der Waals surface area contributed by atoms with Crippen molar-refractivity contribution in [2.24, 2.45) is 0 Å². The van der Waals surface area contributed by atoms with Crippen LogP contribution in [0.25, 0.3) is 0 Å². The van der Waals surface area contributed by atoms with E-state index in [2.05, 4.69) is 0 Å².